The zero-order valence-electron chi connectivity index (χ0n) is 17.7. The highest BCUT2D eigenvalue weighted by atomic mass is 16.5. The molecule has 164 valence electrons. The van der Waals surface area contributed by atoms with Crippen LogP contribution in [-0.4, -0.2) is 73.2 Å². The summed E-state index contributed by atoms with van der Waals surface area (Å²) in [5, 5.41) is 0. The van der Waals surface area contributed by atoms with Crippen molar-refractivity contribution in [1.82, 2.24) is 9.80 Å². The minimum Gasteiger partial charge on any atom is -0.488 e. The molecule has 0 bridgehead atoms. The van der Waals surface area contributed by atoms with Crippen LogP contribution in [0, 0.1) is 6.92 Å². The lowest BCUT2D eigenvalue weighted by Crippen LogP contribution is -2.51. The van der Waals surface area contributed by atoms with Crippen LogP contribution in [-0.2, 0) is 14.3 Å². The molecule has 0 spiro atoms. The first-order valence-corrected chi connectivity index (χ1v) is 10.7. The maximum absolute atomic E-state index is 13.2. The largest absolute Gasteiger partial charge is 0.488 e. The molecule has 2 aromatic rings. The first-order chi connectivity index (χ1) is 15.1. The van der Waals surface area contributed by atoms with Crippen molar-refractivity contribution < 1.29 is 23.8 Å². The molecule has 4 rings (SSSR count). The second-order valence-corrected chi connectivity index (χ2v) is 7.89. The van der Waals surface area contributed by atoms with E-state index in [0.29, 0.717) is 45.0 Å². The smallest absolute Gasteiger partial charge is 0.261 e. The molecule has 0 aromatic heterocycles. The average molecular weight is 424 g/mol. The number of rotatable bonds is 6. The van der Waals surface area contributed by atoms with Gasteiger partial charge in [0, 0.05) is 19.5 Å². The summed E-state index contributed by atoms with van der Waals surface area (Å²) in [6.07, 6.45) is 0.210. The molecule has 2 aromatic carbocycles. The SMILES string of the molecule is Cc1ccc(OCC(=O)N2C[C@@H](Oc3ccccc3)C[C@@H]2C(=O)N2CCOCC2)cc1. The Morgan fingerprint density at radius 3 is 2.42 bits per heavy atom. The first-order valence-electron chi connectivity index (χ1n) is 10.7. The van der Waals surface area contributed by atoms with Gasteiger partial charge in [0.05, 0.1) is 19.8 Å². The summed E-state index contributed by atoms with van der Waals surface area (Å²) >= 11 is 0. The summed E-state index contributed by atoms with van der Waals surface area (Å²) in [5.74, 6) is 1.10. The van der Waals surface area contributed by atoms with Gasteiger partial charge in [-0.05, 0) is 31.2 Å². The normalized spacial score (nSPS) is 21.1. The van der Waals surface area contributed by atoms with Crippen molar-refractivity contribution in [2.75, 3.05) is 39.5 Å². The Morgan fingerprint density at radius 2 is 1.71 bits per heavy atom. The van der Waals surface area contributed by atoms with Crippen molar-refractivity contribution in [3.8, 4) is 11.5 Å². The van der Waals surface area contributed by atoms with Crippen LogP contribution in [0.25, 0.3) is 0 Å². The lowest BCUT2D eigenvalue weighted by Gasteiger charge is -2.32. The van der Waals surface area contributed by atoms with Gasteiger partial charge in [-0.3, -0.25) is 9.59 Å². The molecule has 2 atom stereocenters. The summed E-state index contributed by atoms with van der Waals surface area (Å²) in [7, 11) is 0. The van der Waals surface area contributed by atoms with Crippen LogP contribution in [0.2, 0.25) is 0 Å². The van der Waals surface area contributed by atoms with E-state index in [2.05, 4.69) is 0 Å². The molecule has 2 heterocycles. The topological polar surface area (TPSA) is 68.3 Å². The quantitative estimate of drug-likeness (QED) is 0.712. The number of morpholine rings is 1. The van der Waals surface area contributed by atoms with Gasteiger partial charge in [0.1, 0.15) is 23.6 Å². The van der Waals surface area contributed by atoms with Crippen molar-refractivity contribution in [3.05, 3.63) is 60.2 Å². The molecule has 0 N–H and O–H groups in total. The summed E-state index contributed by atoms with van der Waals surface area (Å²) in [6.45, 7) is 4.36. The summed E-state index contributed by atoms with van der Waals surface area (Å²) in [6, 6.07) is 16.5. The number of ether oxygens (including phenoxy) is 3. The predicted molar refractivity (Wildman–Crippen MR) is 115 cm³/mol. The Morgan fingerprint density at radius 1 is 1.00 bits per heavy atom. The first kappa shape index (κ1) is 21.2. The third-order valence-corrected chi connectivity index (χ3v) is 5.62. The van der Waals surface area contributed by atoms with E-state index in [0.717, 1.165) is 11.3 Å². The van der Waals surface area contributed by atoms with Gasteiger partial charge in [0.2, 0.25) is 5.91 Å². The molecule has 2 aliphatic rings. The van der Waals surface area contributed by atoms with Crippen LogP contribution in [0.15, 0.2) is 54.6 Å². The molecule has 7 heteroatoms. The van der Waals surface area contributed by atoms with E-state index in [-0.39, 0.29) is 24.5 Å². The van der Waals surface area contributed by atoms with Gasteiger partial charge in [0.25, 0.3) is 5.91 Å². The number of likely N-dealkylation sites (tertiary alicyclic amines) is 1. The van der Waals surface area contributed by atoms with Gasteiger partial charge >= 0.3 is 0 Å². The van der Waals surface area contributed by atoms with Crippen LogP contribution in [0.3, 0.4) is 0 Å². The van der Waals surface area contributed by atoms with E-state index < -0.39 is 6.04 Å². The number of para-hydroxylation sites is 1. The van der Waals surface area contributed by atoms with Crippen molar-refractivity contribution in [2.24, 2.45) is 0 Å². The molecule has 2 fully saturated rings. The maximum Gasteiger partial charge on any atom is 0.261 e. The molecule has 2 saturated heterocycles. The molecule has 0 saturated carbocycles. The highest BCUT2D eigenvalue weighted by Gasteiger charge is 2.42. The van der Waals surface area contributed by atoms with E-state index in [1.54, 1.807) is 9.80 Å². The Labute approximate surface area is 182 Å². The van der Waals surface area contributed by atoms with Crippen molar-refractivity contribution in [1.29, 1.82) is 0 Å². The third kappa shape index (κ3) is 5.35. The van der Waals surface area contributed by atoms with Crippen LogP contribution in [0.4, 0.5) is 0 Å². The summed E-state index contributed by atoms with van der Waals surface area (Å²) in [5.41, 5.74) is 1.12. The standard InChI is InChI=1S/C24H28N2O5/c1-18-7-9-19(10-8-18)30-17-23(27)26-16-21(31-20-5-3-2-4-6-20)15-22(26)24(28)25-11-13-29-14-12-25/h2-10,21-22H,11-17H2,1H3/t21-,22+/m0/s1. The van der Waals surface area contributed by atoms with E-state index in [1.807, 2.05) is 61.5 Å². The number of hydrogen-bond donors (Lipinski definition) is 0. The zero-order valence-corrected chi connectivity index (χ0v) is 17.7. The maximum atomic E-state index is 13.2. The molecule has 0 unspecified atom stereocenters. The molecule has 2 aliphatic heterocycles. The fraction of sp³-hybridized carbons (Fsp3) is 0.417. The van der Waals surface area contributed by atoms with Crippen molar-refractivity contribution in [2.45, 2.75) is 25.5 Å². The fourth-order valence-electron chi connectivity index (χ4n) is 3.94. The lowest BCUT2D eigenvalue weighted by atomic mass is 10.1. The average Bonchev–Trinajstić information content (AvgIpc) is 3.23. The number of benzene rings is 2. The fourth-order valence-corrected chi connectivity index (χ4v) is 3.94. The van der Waals surface area contributed by atoms with Crippen molar-refractivity contribution >= 4 is 11.8 Å². The third-order valence-electron chi connectivity index (χ3n) is 5.62. The van der Waals surface area contributed by atoms with Crippen LogP contribution in [0.1, 0.15) is 12.0 Å². The number of carbonyl (C=O) groups is 2. The summed E-state index contributed by atoms with van der Waals surface area (Å²) < 4.78 is 17.1. The van der Waals surface area contributed by atoms with Gasteiger partial charge in [-0.25, -0.2) is 0 Å². The van der Waals surface area contributed by atoms with Crippen LogP contribution >= 0.6 is 0 Å². The number of aryl methyl sites for hydroxylation is 1. The molecule has 31 heavy (non-hydrogen) atoms. The zero-order chi connectivity index (χ0) is 21.6. The molecule has 7 nitrogen and oxygen atoms in total. The Kier molecular flexibility index (Phi) is 6.72. The van der Waals surface area contributed by atoms with Gasteiger partial charge in [0.15, 0.2) is 6.61 Å². The highest BCUT2D eigenvalue weighted by Crippen LogP contribution is 2.25. The Balaban J connectivity index is 1.44. The van der Waals surface area contributed by atoms with Gasteiger partial charge in [-0.15, -0.1) is 0 Å². The molecule has 0 radical (unpaired) electrons. The number of nitrogens with zero attached hydrogens (tertiary/aromatic N) is 2. The molecular formula is C24H28N2O5. The minimum absolute atomic E-state index is 0.0499. The van der Waals surface area contributed by atoms with Gasteiger partial charge < -0.3 is 24.0 Å². The van der Waals surface area contributed by atoms with Crippen LogP contribution < -0.4 is 9.47 Å². The lowest BCUT2D eigenvalue weighted by molar-refractivity contribution is -0.147. The Bertz CT molecular complexity index is 881. The molecular weight excluding hydrogens is 396 g/mol. The Hall–Kier alpha value is -3.06. The minimum atomic E-state index is -0.555. The van der Waals surface area contributed by atoms with E-state index >= 15 is 0 Å². The number of amides is 2. The second-order valence-electron chi connectivity index (χ2n) is 7.89. The van der Waals surface area contributed by atoms with E-state index in [9.17, 15) is 9.59 Å². The number of hydrogen-bond acceptors (Lipinski definition) is 5. The highest BCUT2D eigenvalue weighted by molar-refractivity contribution is 5.89. The molecule has 2 amide bonds. The van der Waals surface area contributed by atoms with Gasteiger partial charge in [-0.1, -0.05) is 35.9 Å². The van der Waals surface area contributed by atoms with E-state index in [1.165, 1.54) is 0 Å². The van der Waals surface area contributed by atoms with Crippen molar-refractivity contribution in [3.63, 3.8) is 0 Å². The monoisotopic (exact) mass is 424 g/mol. The number of carbonyl (C=O) groups excluding carboxylic acids is 2. The summed E-state index contributed by atoms with van der Waals surface area (Å²) in [4.78, 5) is 29.6. The molecule has 0 aliphatic carbocycles. The van der Waals surface area contributed by atoms with Gasteiger partial charge in [-0.2, -0.15) is 0 Å². The van der Waals surface area contributed by atoms with E-state index in [4.69, 9.17) is 14.2 Å². The predicted octanol–water partition coefficient (Wildman–Crippen LogP) is 2.28. The van der Waals surface area contributed by atoms with Crippen LogP contribution in [0.5, 0.6) is 11.5 Å². The second kappa shape index (κ2) is 9.83.